The Labute approximate surface area is 131 Å². The van der Waals surface area contributed by atoms with Crippen LogP contribution in [0.5, 0.6) is 5.75 Å². The Morgan fingerprint density at radius 2 is 2.33 bits per heavy atom. The number of benzene rings is 1. The number of hydrogen-bond donors (Lipinski definition) is 1. The van der Waals surface area contributed by atoms with E-state index in [2.05, 4.69) is 5.32 Å². The molecule has 0 aliphatic carbocycles. The quantitative estimate of drug-likeness (QED) is 0.821. The van der Waals surface area contributed by atoms with Gasteiger partial charge in [0.25, 0.3) is 0 Å². The molecule has 1 fully saturated rings. The molecule has 0 radical (unpaired) electrons. The smallest absolute Gasteiger partial charge is 0.239 e. The van der Waals surface area contributed by atoms with E-state index in [9.17, 15) is 4.79 Å². The number of hydrogen-bond acceptors (Lipinski definition) is 3. The fourth-order valence-electron chi connectivity index (χ4n) is 2.49. The predicted octanol–water partition coefficient (Wildman–Crippen LogP) is 2.71. The molecule has 1 unspecified atom stereocenters. The van der Waals surface area contributed by atoms with Crippen LogP contribution in [0.15, 0.2) is 24.3 Å². The fraction of sp³-hybridized carbons (Fsp3) is 0.562. The van der Waals surface area contributed by atoms with Gasteiger partial charge in [-0.05, 0) is 44.0 Å². The van der Waals surface area contributed by atoms with Crippen molar-refractivity contribution in [2.24, 2.45) is 0 Å². The average Bonchev–Trinajstić information content (AvgIpc) is 2.51. The van der Waals surface area contributed by atoms with Crippen LogP contribution in [-0.4, -0.2) is 43.6 Å². The van der Waals surface area contributed by atoms with Gasteiger partial charge in [0.2, 0.25) is 5.91 Å². The van der Waals surface area contributed by atoms with E-state index in [4.69, 9.17) is 16.3 Å². The number of halogens is 1. The third-order valence-electron chi connectivity index (χ3n) is 3.69. The first kappa shape index (κ1) is 16.1. The molecule has 1 saturated heterocycles. The Balaban J connectivity index is 1.66. The normalized spacial score (nSPS) is 18.3. The molecule has 4 nitrogen and oxygen atoms in total. The summed E-state index contributed by atoms with van der Waals surface area (Å²) in [5.74, 6) is 0.961. The van der Waals surface area contributed by atoms with E-state index in [0.29, 0.717) is 18.2 Å². The highest BCUT2D eigenvalue weighted by molar-refractivity contribution is 6.30. The van der Waals surface area contributed by atoms with E-state index in [0.717, 1.165) is 31.6 Å². The van der Waals surface area contributed by atoms with Gasteiger partial charge in [-0.1, -0.05) is 24.1 Å². The summed E-state index contributed by atoms with van der Waals surface area (Å²) < 4.78 is 5.62. The second-order valence-corrected chi connectivity index (χ2v) is 5.86. The molecule has 1 aromatic rings. The van der Waals surface area contributed by atoms with Gasteiger partial charge < -0.3 is 15.0 Å². The first-order chi connectivity index (χ1) is 10.2. The number of amides is 1. The number of carbonyl (C=O) groups excluding carboxylic acids is 1. The lowest BCUT2D eigenvalue weighted by atomic mass is 10.0. The van der Waals surface area contributed by atoms with Crippen molar-refractivity contribution in [1.82, 2.24) is 10.2 Å². The van der Waals surface area contributed by atoms with Crippen molar-refractivity contribution in [2.75, 3.05) is 26.7 Å². The average molecular weight is 311 g/mol. The number of ether oxygens (including phenoxy) is 1. The number of piperidine rings is 1. The number of likely N-dealkylation sites (N-methyl/N-ethyl adjacent to an activating group) is 1. The summed E-state index contributed by atoms with van der Waals surface area (Å²) in [5.41, 5.74) is 0. The number of nitrogens with one attached hydrogen (secondary N) is 1. The highest BCUT2D eigenvalue weighted by Crippen LogP contribution is 2.17. The molecular weight excluding hydrogens is 288 g/mol. The molecule has 5 heteroatoms. The zero-order valence-electron chi connectivity index (χ0n) is 12.5. The Hall–Kier alpha value is -1.26. The van der Waals surface area contributed by atoms with Crippen LogP contribution in [0.1, 0.15) is 25.7 Å². The standard InChI is InChI=1S/C16H23ClN2O2/c1-19(16(20)15-8-2-3-9-18-15)10-5-11-21-14-7-4-6-13(17)12-14/h4,6-7,12,15,18H,2-3,5,8-11H2,1H3. The van der Waals surface area contributed by atoms with E-state index in [1.165, 1.54) is 6.42 Å². The first-order valence-corrected chi connectivity index (χ1v) is 7.91. The summed E-state index contributed by atoms with van der Waals surface area (Å²) in [4.78, 5) is 14.0. The lowest BCUT2D eigenvalue weighted by Crippen LogP contribution is -2.47. The minimum atomic E-state index is -0.00222. The molecule has 21 heavy (non-hydrogen) atoms. The molecule has 1 atom stereocenters. The monoisotopic (exact) mass is 310 g/mol. The molecule has 1 heterocycles. The molecule has 0 aromatic heterocycles. The minimum Gasteiger partial charge on any atom is -0.493 e. The van der Waals surface area contributed by atoms with Crippen LogP contribution in [0, 0.1) is 0 Å². The summed E-state index contributed by atoms with van der Waals surface area (Å²) in [6.45, 7) is 2.23. The molecule has 2 rings (SSSR count). The highest BCUT2D eigenvalue weighted by atomic mass is 35.5. The minimum absolute atomic E-state index is 0.00222. The molecule has 1 amide bonds. The topological polar surface area (TPSA) is 41.6 Å². The van der Waals surface area contributed by atoms with Gasteiger partial charge in [0.15, 0.2) is 0 Å². The summed E-state index contributed by atoms with van der Waals surface area (Å²) in [6.07, 6.45) is 4.06. The van der Waals surface area contributed by atoms with Gasteiger partial charge >= 0.3 is 0 Å². The second kappa shape index (κ2) is 8.25. The molecule has 0 saturated carbocycles. The fourth-order valence-corrected chi connectivity index (χ4v) is 2.67. The molecule has 1 aliphatic heterocycles. The van der Waals surface area contributed by atoms with E-state index in [1.807, 2.05) is 25.2 Å². The lowest BCUT2D eigenvalue weighted by molar-refractivity contribution is -0.132. The zero-order valence-corrected chi connectivity index (χ0v) is 13.2. The number of nitrogens with zero attached hydrogens (tertiary/aromatic N) is 1. The maximum absolute atomic E-state index is 12.2. The molecule has 1 aliphatic rings. The van der Waals surface area contributed by atoms with Crippen molar-refractivity contribution in [3.8, 4) is 5.75 Å². The van der Waals surface area contributed by atoms with Gasteiger partial charge in [0.1, 0.15) is 5.75 Å². The van der Waals surface area contributed by atoms with Crippen LogP contribution in [0.4, 0.5) is 0 Å². The van der Waals surface area contributed by atoms with Gasteiger partial charge in [0, 0.05) is 18.6 Å². The summed E-state index contributed by atoms with van der Waals surface area (Å²) in [5, 5.41) is 3.95. The Morgan fingerprint density at radius 1 is 1.48 bits per heavy atom. The Bertz CT molecular complexity index is 461. The molecule has 0 bridgehead atoms. The summed E-state index contributed by atoms with van der Waals surface area (Å²) in [7, 11) is 1.86. The van der Waals surface area contributed by atoms with Crippen molar-refractivity contribution in [1.29, 1.82) is 0 Å². The van der Waals surface area contributed by atoms with Crippen molar-refractivity contribution in [3.05, 3.63) is 29.3 Å². The van der Waals surface area contributed by atoms with E-state index >= 15 is 0 Å². The van der Waals surface area contributed by atoms with Gasteiger partial charge in [-0.3, -0.25) is 4.79 Å². The number of carbonyl (C=O) groups is 1. The zero-order chi connectivity index (χ0) is 15.1. The third-order valence-corrected chi connectivity index (χ3v) is 3.92. The van der Waals surface area contributed by atoms with Crippen LogP contribution < -0.4 is 10.1 Å². The van der Waals surface area contributed by atoms with Crippen molar-refractivity contribution < 1.29 is 9.53 Å². The van der Waals surface area contributed by atoms with Crippen molar-refractivity contribution in [3.63, 3.8) is 0 Å². The van der Waals surface area contributed by atoms with Gasteiger partial charge in [0.05, 0.1) is 12.6 Å². The van der Waals surface area contributed by atoms with Crippen LogP contribution in [0.25, 0.3) is 0 Å². The third kappa shape index (κ3) is 5.21. The number of rotatable bonds is 6. The van der Waals surface area contributed by atoms with E-state index in [-0.39, 0.29) is 11.9 Å². The molecule has 0 spiro atoms. The van der Waals surface area contributed by atoms with Crippen molar-refractivity contribution >= 4 is 17.5 Å². The summed E-state index contributed by atoms with van der Waals surface area (Å²) >= 11 is 5.90. The second-order valence-electron chi connectivity index (χ2n) is 5.42. The van der Waals surface area contributed by atoms with Gasteiger partial charge in [-0.25, -0.2) is 0 Å². The molecular formula is C16H23ClN2O2. The maximum Gasteiger partial charge on any atom is 0.239 e. The van der Waals surface area contributed by atoms with Gasteiger partial charge in [-0.15, -0.1) is 0 Å². The van der Waals surface area contributed by atoms with Crippen LogP contribution >= 0.6 is 11.6 Å². The Kier molecular flexibility index (Phi) is 6.33. The van der Waals surface area contributed by atoms with Crippen LogP contribution in [0.3, 0.4) is 0 Å². The van der Waals surface area contributed by atoms with E-state index < -0.39 is 0 Å². The van der Waals surface area contributed by atoms with Crippen molar-refractivity contribution in [2.45, 2.75) is 31.7 Å². The summed E-state index contributed by atoms with van der Waals surface area (Å²) in [6, 6.07) is 7.35. The largest absolute Gasteiger partial charge is 0.493 e. The molecule has 1 aromatic carbocycles. The van der Waals surface area contributed by atoms with Crippen LogP contribution in [0.2, 0.25) is 5.02 Å². The maximum atomic E-state index is 12.2. The SMILES string of the molecule is CN(CCCOc1cccc(Cl)c1)C(=O)C1CCCCN1. The highest BCUT2D eigenvalue weighted by Gasteiger charge is 2.23. The predicted molar refractivity (Wildman–Crippen MR) is 84.8 cm³/mol. The lowest BCUT2D eigenvalue weighted by Gasteiger charge is -2.27. The van der Waals surface area contributed by atoms with E-state index in [1.54, 1.807) is 11.0 Å². The molecule has 116 valence electrons. The first-order valence-electron chi connectivity index (χ1n) is 7.53. The van der Waals surface area contributed by atoms with Gasteiger partial charge in [-0.2, -0.15) is 0 Å². The Morgan fingerprint density at radius 3 is 3.05 bits per heavy atom. The molecule has 1 N–H and O–H groups in total. The van der Waals surface area contributed by atoms with Crippen LogP contribution in [-0.2, 0) is 4.79 Å².